The van der Waals surface area contributed by atoms with Gasteiger partial charge in [0.1, 0.15) is 5.76 Å². The third kappa shape index (κ3) is 2.24. The monoisotopic (exact) mass is 200 g/mol. The third-order valence-electron chi connectivity index (χ3n) is 2.28. The van der Waals surface area contributed by atoms with Crippen LogP contribution in [0.25, 0.3) is 0 Å². The van der Waals surface area contributed by atoms with Gasteiger partial charge in [0.2, 0.25) is 5.79 Å². The second kappa shape index (κ2) is 4.26. The van der Waals surface area contributed by atoms with Crippen molar-refractivity contribution in [2.24, 2.45) is 0 Å². The Morgan fingerprint density at radius 3 is 3.13 bits per heavy atom. The van der Waals surface area contributed by atoms with Crippen LogP contribution in [0.2, 0.25) is 0 Å². The minimum Gasteiger partial charge on any atom is -0.458 e. The largest absolute Gasteiger partial charge is 0.458 e. The van der Waals surface area contributed by atoms with Crippen LogP contribution in [0.4, 0.5) is 0 Å². The quantitative estimate of drug-likeness (QED) is 0.557. The molecule has 0 radical (unpaired) electrons. The lowest BCUT2D eigenvalue weighted by Gasteiger charge is -2.20. The van der Waals surface area contributed by atoms with Crippen LogP contribution < -0.4 is 0 Å². The standard InChI is InChI=1S/C13H12O2/c1-2-3-4-5-7-12-8-10-13(15-12)9-6-11-14-13/h7-8,10H,6,9,11H2,1H3/b12-7+/t13-/m1/s1. The number of hydrogen-bond donors (Lipinski definition) is 0. The molecule has 0 aromatic carbocycles. The maximum absolute atomic E-state index is 5.67. The van der Waals surface area contributed by atoms with Crippen molar-refractivity contribution in [3.05, 3.63) is 24.0 Å². The molecule has 1 fully saturated rings. The van der Waals surface area contributed by atoms with E-state index in [1.807, 2.05) is 12.2 Å². The first-order valence-electron chi connectivity index (χ1n) is 4.99. The molecular weight excluding hydrogens is 188 g/mol. The first kappa shape index (κ1) is 9.90. The molecule has 0 saturated carbocycles. The van der Waals surface area contributed by atoms with E-state index >= 15 is 0 Å². The van der Waals surface area contributed by atoms with Gasteiger partial charge >= 0.3 is 0 Å². The summed E-state index contributed by atoms with van der Waals surface area (Å²) in [5, 5.41) is 0. The second-order valence-corrected chi connectivity index (χ2v) is 3.39. The molecule has 15 heavy (non-hydrogen) atoms. The summed E-state index contributed by atoms with van der Waals surface area (Å²) in [6.07, 6.45) is 7.54. The van der Waals surface area contributed by atoms with Gasteiger partial charge in [0.25, 0.3) is 0 Å². The smallest absolute Gasteiger partial charge is 0.230 e. The van der Waals surface area contributed by atoms with Crippen molar-refractivity contribution in [3.63, 3.8) is 0 Å². The molecule has 2 aliphatic rings. The summed E-state index contributed by atoms with van der Waals surface area (Å²) in [5.41, 5.74) is 0. The lowest BCUT2D eigenvalue weighted by Crippen LogP contribution is -2.24. The maximum Gasteiger partial charge on any atom is 0.230 e. The Morgan fingerprint density at radius 2 is 2.40 bits per heavy atom. The molecule has 2 nitrogen and oxygen atoms in total. The molecule has 1 saturated heterocycles. The van der Waals surface area contributed by atoms with Crippen molar-refractivity contribution in [1.82, 2.24) is 0 Å². The van der Waals surface area contributed by atoms with Gasteiger partial charge in [-0.05, 0) is 37.3 Å². The zero-order valence-corrected chi connectivity index (χ0v) is 8.67. The van der Waals surface area contributed by atoms with Gasteiger partial charge in [0, 0.05) is 12.5 Å². The SMILES string of the molecule is CC#CC#C/C=C1\C=C[C@@]2(CCCO2)O1. The van der Waals surface area contributed by atoms with Crippen LogP contribution >= 0.6 is 0 Å². The van der Waals surface area contributed by atoms with Crippen molar-refractivity contribution in [2.75, 3.05) is 6.61 Å². The average molecular weight is 200 g/mol. The summed E-state index contributed by atoms with van der Waals surface area (Å²) >= 11 is 0. The Morgan fingerprint density at radius 1 is 1.47 bits per heavy atom. The molecular formula is C13H12O2. The molecule has 0 aromatic rings. The number of rotatable bonds is 0. The molecule has 2 aliphatic heterocycles. The molecule has 0 aromatic heterocycles. The van der Waals surface area contributed by atoms with E-state index in [0.29, 0.717) is 0 Å². The highest BCUT2D eigenvalue weighted by Crippen LogP contribution is 2.35. The summed E-state index contributed by atoms with van der Waals surface area (Å²) < 4.78 is 11.2. The van der Waals surface area contributed by atoms with Crippen molar-refractivity contribution in [2.45, 2.75) is 25.6 Å². The summed E-state index contributed by atoms with van der Waals surface area (Å²) in [5.74, 6) is 11.1. The first-order valence-corrected chi connectivity index (χ1v) is 4.99. The molecule has 0 aliphatic carbocycles. The van der Waals surface area contributed by atoms with Gasteiger partial charge in [-0.25, -0.2) is 0 Å². The minimum atomic E-state index is -0.496. The van der Waals surface area contributed by atoms with E-state index in [1.54, 1.807) is 13.0 Å². The number of allylic oxidation sites excluding steroid dienone is 2. The van der Waals surface area contributed by atoms with Crippen LogP contribution in [-0.2, 0) is 9.47 Å². The fourth-order valence-electron chi connectivity index (χ4n) is 1.61. The van der Waals surface area contributed by atoms with Gasteiger partial charge in [-0.15, -0.1) is 0 Å². The Balaban J connectivity index is 2.01. The van der Waals surface area contributed by atoms with E-state index in [2.05, 4.69) is 23.7 Å². The van der Waals surface area contributed by atoms with Crippen LogP contribution in [0.1, 0.15) is 19.8 Å². The fourth-order valence-corrected chi connectivity index (χ4v) is 1.61. The minimum absolute atomic E-state index is 0.496. The molecule has 1 atom stereocenters. The van der Waals surface area contributed by atoms with E-state index < -0.39 is 5.79 Å². The zero-order valence-electron chi connectivity index (χ0n) is 8.67. The molecule has 0 unspecified atom stereocenters. The Kier molecular flexibility index (Phi) is 2.81. The molecule has 2 heteroatoms. The van der Waals surface area contributed by atoms with Gasteiger partial charge in [0.05, 0.1) is 6.61 Å². The molecule has 1 spiro atoms. The van der Waals surface area contributed by atoms with Crippen LogP contribution in [0.3, 0.4) is 0 Å². The topological polar surface area (TPSA) is 18.5 Å². The van der Waals surface area contributed by atoms with Crippen molar-refractivity contribution in [1.29, 1.82) is 0 Å². The van der Waals surface area contributed by atoms with Gasteiger partial charge in [-0.1, -0.05) is 11.8 Å². The summed E-state index contributed by atoms with van der Waals surface area (Å²) in [6, 6.07) is 0. The first-order chi connectivity index (χ1) is 7.35. The molecule has 0 bridgehead atoms. The highest BCUT2D eigenvalue weighted by atomic mass is 16.7. The van der Waals surface area contributed by atoms with E-state index in [4.69, 9.17) is 9.47 Å². The molecule has 0 amide bonds. The maximum atomic E-state index is 5.67. The zero-order chi connectivity index (χ0) is 10.6. The predicted molar refractivity (Wildman–Crippen MR) is 57.5 cm³/mol. The molecule has 2 heterocycles. The Labute approximate surface area is 90.0 Å². The van der Waals surface area contributed by atoms with Crippen LogP contribution in [0.5, 0.6) is 0 Å². The third-order valence-corrected chi connectivity index (χ3v) is 2.28. The summed E-state index contributed by atoms with van der Waals surface area (Å²) in [6.45, 7) is 2.53. The lowest BCUT2D eigenvalue weighted by molar-refractivity contribution is -0.135. The average Bonchev–Trinajstić information content (AvgIpc) is 2.85. The second-order valence-electron chi connectivity index (χ2n) is 3.39. The van der Waals surface area contributed by atoms with Crippen LogP contribution in [0, 0.1) is 23.7 Å². The van der Waals surface area contributed by atoms with Gasteiger partial charge in [-0.3, -0.25) is 0 Å². The highest BCUT2D eigenvalue weighted by Gasteiger charge is 2.38. The van der Waals surface area contributed by atoms with Crippen molar-refractivity contribution >= 4 is 0 Å². The van der Waals surface area contributed by atoms with Gasteiger partial charge < -0.3 is 9.47 Å². The fraction of sp³-hybridized carbons (Fsp3) is 0.385. The van der Waals surface area contributed by atoms with Gasteiger partial charge in [-0.2, -0.15) is 0 Å². The normalized spacial score (nSPS) is 29.5. The summed E-state index contributed by atoms with van der Waals surface area (Å²) in [7, 11) is 0. The van der Waals surface area contributed by atoms with Crippen LogP contribution in [-0.4, -0.2) is 12.4 Å². The van der Waals surface area contributed by atoms with E-state index in [1.165, 1.54) is 0 Å². The number of ether oxygens (including phenoxy) is 2. The predicted octanol–water partition coefficient (Wildman–Crippen LogP) is 1.99. The molecule has 0 N–H and O–H groups in total. The Bertz CT molecular complexity index is 415. The Hall–Kier alpha value is -1.64. The van der Waals surface area contributed by atoms with Crippen LogP contribution in [0.15, 0.2) is 24.0 Å². The van der Waals surface area contributed by atoms with Crippen molar-refractivity contribution < 1.29 is 9.47 Å². The van der Waals surface area contributed by atoms with E-state index in [0.717, 1.165) is 25.2 Å². The summed E-state index contributed by atoms with van der Waals surface area (Å²) in [4.78, 5) is 0. The molecule has 76 valence electrons. The van der Waals surface area contributed by atoms with Crippen molar-refractivity contribution in [3.8, 4) is 23.7 Å². The number of hydrogen-bond acceptors (Lipinski definition) is 2. The van der Waals surface area contributed by atoms with E-state index in [-0.39, 0.29) is 0 Å². The highest BCUT2D eigenvalue weighted by molar-refractivity contribution is 5.35. The lowest BCUT2D eigenvalue weighted by atomic mass is 10.2. The molecule has 2 rings (SSSR count). The van der Waals surface area contributed by atoms with E-state index in [9.17, 15) is 0 Å². The van der Waals surface area contributed by atoms with Gasteiger partial charge in [0.15, 0.2) is 0 Å².